The zero-order chi connectivity index (χ0) is 39.1. The van der Waals surface area contributed by atoms with Crippen LogP contribution >= 0.6 is 0 Å². The van der Waals surface area contributed by atoms with E-state index < -0.39 is 0 Å². The Kier molecular flexibility index (Phi) is 8.49. The maximum Gasteiger partial charge on any atom is 0.137 e. The highest BCUT2D eigenvalue weighted by Crippen LogP contribution is 2.45. The molecule has 0 atom stereocenters. The maximum absolute atomic E-state index is 6.43. The topological polar surface area (TPSA) is 19.6 Å². The number of anilines is 6. The van der Waals surface area contributed by atoms with Gasteiger partial charge in [-0.1, -0.05) is 152 Å². The molecule has 0 N–H and O–H groups in total. The summed E-state index contributed by atoms with van der Waals surface area (Å²) in [6, 6.07) is 82.4. The van der Waals surface area contributed by atoms with Crippen LogP contribution in [0.2, 0.25) is 0 Å². The molecule has 0 bridgehead atoms. The SMILES string of the molecule is c1ccc(-c2ccc(N(c3ccccc3)c3ccc(-c4ccc(N(c5ccc6ccccc6c5)c5ccc6c(c5)oc5ccccc56)c5ccccc45)cc3)cc2)cc1. The number of hydrogen-bond acceptors (Lipinski definition) is 3. The Labute approximate surface area is 343 Å². The number of fused-ring (bicyclic) bond motifs is 5. The predicted octanol–water partition coefficient (Wildman–Crippen LogP) is 16.2. The van der Waals surface area contributed by atoms with Crippen molar-refractivity contribution in [2.24, 2.45) is 0 Å². The van der Waals surface area contributed by atoms with Crippen molar-refractivity contribution in [1.29, 1.82) is 0 Å². The van der Waals surface area contributed by atoms with Gasteiger partial charge in [0.15, 0.2) is 0 Å². The second kappa shape index (κ2) is 14.6. The second-order valence-electron chi connectivity index (χ2n) is 15.0. The molecular weight excluding hydrogens is 717 g/mol. The molecule has 3 nitrogen and oxygen atoms in total. The lowest BCUT2D eigenvalue weighted by atomic mass is 9.95. The molecule has 0 fully saturated rings. The summed E-state index contributed by atoms with van der Waals surface area (Å²) in [6.07, 6.45) is 0. The third-order valence-electron chi connectivity index (χ3n) is 11.4. The Balaban J connectivity index is 1.01. The van der Waals surface area contributed by atoms with Crippen LogP contribution in [0.25, 0.3) is 65.7 Å². The number of hydrogen-bond donors (Lipinski definition) is 0. The summed E-state index contributed by atoms with van der Waals surface area (Å²) < 4.78 is 6.43. The third-order valence-corrected chi connectivity index (χ3v) is 11.4. The van der Waals surface area contributed by atoms with E-state index in [1.165, 1.54) is 32.8 Å². The van der Waals surface area contributed by atoms with Gasteiger partial charge in [-0.05, 0) is 111 Å². The number of benzene rings is 10. The van der Waals surface area contributed by atoms with Crippen LogP contribution in [-0.2, 0) is 0 Å². The van der Waals surface area contributed by atoms with Crippen molar-refractivity contribution in [2.75, 3.05) is 9.80 Å². The molecule has 0 saturated carbocycles. The predicted molar refractivity (Wildman–Crippen MR) is 249 cm³/mol. The first-order valence-electron chi connectivity index (χ1n) is 20.1. The highest BCUT2D eigenvalue weighted by atomic mass is 16.3. The monoisotopic (exact) mass is 754 g/mol. The van der Waals surface area contributed by atoms with E-state index in [9.17, 15) is 0 Å². The average Bonchev–Trinajstić information content (AvgIpc) is 3.68. The lowest BCUT2D eigenvalue weighted by Gasteiger charge is -2.28. The van der Waals surface area contributed by atoms with Gasteiger partial charge in [-0.25, -0.2) is 0 Å². The van der Waals surface area contributed by atoms with Crippen LogP contribution in [0.5, 0.6) is 0 Å². The van der Waals surface area contributed by atoms with E-state index in [2.05, 4.69) is 228 Å². The van der Waals surface area contributed by atoms with Crippen LogP contribution < -0.4 is 9.80 Å². The average molecular weight is 755 g/mol. The molecule has 0 amide bonds. The molecule has 0 spiro atoms. The van der Waals surface area contributed by atoms with Crippen molar-refractivity contribution in [3.63, 3.8) is 0 Å². The number of rotatable bonds is 8. The normalized spacial score (nSPS) is 11.4. The lowest BCUT2D eigenvalue weighted by molar-refractivity contribution is 0.669. The molecule has 278 valence electrons. The molecule has 11 rings (SSSR count). The van der Waals surface area contributed by atoms with Crippen LogP contribution in [0, 0.1) is 0 Å². The van der Waals surface area contributed by atoms with E-state index >= 15 is 0 Å². The second-order valence-corrected chi connectivity index (χ2v) is 15.0. The van der Waals surface area contributed by atoms with Crippen molar-refractivity contribution >= 4 is 77.6 Å². The molecule has 0 aliphatic carbocycles. The van der Waals surface area contributed by atoms with Crippen molar-refractivity contribution in [3.8, 4) is 22.3 Å². The molecule has 1 aromatic heterocycles. The highest BCUT2D eigenvalue weighted by molar-refractivity contribution is 6.09. The molecule has 3 heteroatoms. The van der Waals surface area contributed by atoms with E-state index in [-0.39, 0.29) is 0 Å². The fourth-order valence-corrected chi connectivity index (χ4v) is 8.57. The van der Waals surface area contributed by atoms with Gasteiger partial charge in [-0.15, -0.1) is 0 Å². The lowest BCUT2D eigenvalue weighted by Crippen LogP contribution is -2.10. The number of furan rings is 1. The summed E-state index contributed by atoms with van der Waals surface area (Å²) in [5.41, 5.74) is 13.0. The van der Waals surface area contributed by atoms with Crippen LogP contribution in [-0.4, -0.2) is 0 Å². The largest absolute Gasteiger partial charge is 0.456 e. The van der Waals surface area contributed by atoms with Crippen molar-refractivity contribution in [3.05, 3.63) is 231 Å². The van der Waals surface area contributed by atoms with Crippen LogP contribution in [0.15, 0.2) is 235 Å². The van der Waals surface area contributed by atoms with Gasteiger partial charge in [0.25, 0.3) is 0 Å². The zero-order valence-corrected chi connectivity index (χ0v) is 32.2. The minimum absolute atomic E-state index is 0.868. The van der Waals surface area contributed by atoms with Gasteiger partial charge >= 0.3 is 0 Å². The van der Waals surface area contributed by atoms with Gasteiger partial charge < -0.3 is 14.2 Å². The summed E-state index contributed by atoms with van der Waals surface area (Å²) in [6.45, 7) is 0. The van der Waals surface area contributed by atoms with Crippen molar-refractivity contribution in [2.45, 2.75) is 0 Å². The quantitative estimate of drug-likeness (QED) is 0.154. The van der Waals surface area contributed by atoms with Crippen LogP contribution in [0.4, 0.5) is 34.1 Å². The molecule has 0 aliphatic rings. The summed E-state index contributed by atoms with van der Waals surface area (Å²) in [5.74, 6) is 0. The Morgan fingerprint density at radius 1 is 0.271 bits per heavy atom. The molecule has 1 heterocycles. The van der Waals surface area contributed by atoms with E-state index in [0.29, 0.717) is 0 Å². The van der Waals surface area contributed by atoms with Gasteiger partial charge in [0, 0.05) is 50.7 Å². The van der Waals surface area contributed by atoms with E-state index in [1.54, 1.807) is 0 Å². The van der Waals surface area contributed by atoms with Crippen molar-refractivity contribution < 1.29 is 4.42 Å². The molecule has 10 aromatic carbocycles. The first-order valence-corrected chi connectivity index (χ1v) is 20.1. The Bertz CT molecular complexity index is 3260. The van der Waals surface area contributed by atoms with Crippen LogP contribution in [0.1, 0.15) is 0 Å². The molecular formula is C56H38N2O. The van der Waals surface area contributed by atoms with Gasteiger partial charge in [0.2, 0.25) is 0 Å². The molecule has 59 heavy (non-hydrogen) atoms. The van der Waals surface area contributed by atoms with Gasteiger partial charge in [-0.3, -0.25) is 0 Å². The summed E-state index contributed by atoms with van der Waals surface area (Å²) in [4.78, 5) is 4.69. The minimum atomic E-state index is 0.868. The Hall–Kier alpha value is -7.88. The van der Waals surface area contributed by atoms with Crippen molar-refractivity contribution in [1.82, 2.24) is 0 Å². The highest BCUT2D eigenvalue weighted by Gasteiger charge is 2.20. The van der Waals surface area contributed by atoms with Gasteiger partial charge in [0.1, 0.15) is 11.2 Å². The first kappa shape index (κ1) is 34.4. The van der Waals surface area contributed by atoms with E-state index in [4.69, 9.17) is 4.42 Å². The Morgan fingerprint density at radius 3 is 1.56 bits per heavy atom. The van der Waals surface area contributed by atoms with E-state index in [0.717, 1.165) is 67.0 Å². The summed E-state index contributed by atoms with van der Waals surface area (Å²) >= 11 is 0. The molecule has 11 aromatic rings. The number of nitrogens with zero attached hydrogens (tertiary/aromatic N) is 2. The van der Waals surface area contributed by atoms with Gasteiger partial charge in [0.05, 0.1) is 5.69 Å². The van der Waals surface area contributed by atoms with Crippen LogP contribution in [0.3, 0.4) is 0 Å². The van der Waals surface area contributed by atoms with Gasteiger partial charge in [-0.2, -0.15) is 0 Å². The fraction of sp³-hybridized carbons (Fsp3) is 0. The standard InChI is InChI=1S/C56H38N2O/c1-3-13-39(14-4-1)41-23-28-45(29-24-41)57(44-17-5-2-6-18-44)46-30-26-42(27-31-46)49-35-36-54(51-20-10-9-19-50(49)51)58(47-32-25-40-15-7-8-16-43(40)37-47)48-33-34-53-52-21-11-12-22-55(52)59-56(53)38-48/h1-38H. The maximum atomic E-state index is 6.43. The third kappa shape index (κ3) is 6.26. The summed E-state index contributed by atoms with van der Waals surface area (Å²) in [7, 11) is 0. The first-order chi connectivity index (χ1) is 29.2. The minimum Gasteiger partial charge on any atom is -0.456 e. The zero-order valence-electron chi connectivity index (χ0n) is 32.2. The summed E-state index contributed by atoms with van der Waals surface area (Å²) in [5, 5.41) is 6.99. The Morgan fingerprint density at radius 2 is 0.797 bits per heavy atom. The van der Waals surface area contributed by atoms with E-state index in [1.807, 2.05) is 12.1 Å². The molecule has 0 saturated heterocycles. The smallest absolute Gasteiger partial charge is 0.137 e. The number of para-hydroxylation sites is 2. The fourth-order valence-electron chi connectivity index (χ4n) is 8.57. The molecule has 0 aliphatic heterocycles. The molecule has 0 radical (unpaired) electrons. The molecule has 0 unspecified atom stereocenters.